The smallest absolute Gasteiger partial charge is 0.216 e. The minimum Gasteiger partial charge on any atom is -0.354 e. The van der Waals surface area contributed by atoms with E-state index in [0.29, 0.717) is 29.2 Å². The van der Waals surface area contributed by atoms with Crippen LogP contribution in [0.4, 0.5) is 0 Å². The third-order valence-electron chi connectivity index (χ3n) is 6.88. The summed E-state index contributed by atoms with van der Waals surface area (Å²) in [5, 5.41) is 15.9. The molecule has 0 bridgehead atoms. The monoisotopic (exact) mass is 491 g/mol. The Morgan fingerprint density at radius 1 is 0.816 bits per heavy atom. The van der Waals surface area contributed by atoms with Crippen molar-refractivity contribution in [3.8, 4) is 17.3 Å². The van der Waals surface area contributed by atoms with Crippen molar-refractivity contribution in [2.24, 2.45) is 4.99 Å². The first kappa shape index (κ1) is 23.3. The summed E-state index contributed by atoms with van der Waals surface area (Å²) in [5.74, 6) is 0.498. The number of hydrogen-bond acceptors (Lipinski definition) is 5. The fourth-order valence-electron chi connectivity index (χ4n) is 5.03. The van der Waals surface area contributed by atoms with Crippen LogP contribution >= 0.6 is 0 Å². The molecule has 1 aliphatic heterocycles. The molecule has 1 aromatic heterocycles. The second-order valence-electron chi connectivity index (χ2n) is 9.33. The van der Waals surface area contributed by atoms with E-state index >= 15 is 0 Å². The minimum absolute atomic E-state index is 0.466. The third-order valence-corrected chi connectivity index (χ3v) is 6.88. The number of aryl methyl sites for hydroxylation is 1. The zero-order valence-electron chi connectivity index (χ0n) is 21.0. The Bertz CT molecular complexity index is 1730. The molecule has 1 N–H and O–H groups in total. The fourth-order valence-corrected chi connectivity index (χ4v) is 5.03. The molecule has 1 aliphatic rings. The topological polar surface area (TPSA) is 74.0 Å². The van der Waals surface area contributed by atoms with E-state index in [0.717, 1.165) is 27.6 Å². The van der Waals surface area contributed by atoms with E-state index in [-0.39, 0.29) is 0 Å². The van der Waals surface area contributed by atoms with Gasteiger partial charge in [0.25, 0.3) is 0 Å². The Morgan fingerprint density at radius 3 is 2.32 bits per heavy atom. The number of aliphatic imine (C=N–C) groups is 1. The van der Waals surface area contributed by atoms with Crippen LogP contribution in [0.5, 0.6) is 0 Å². The fraction of sp³-hybridized carbons (Fsp3) is 0.0909. The average molecular weight is 492 g/mol. The van der Waals surface area contributed by atoms with Crippen LogP contribution in [0.2, 0.25) is 0 Å². The number of allylic oxidation sites excluding steroid dienone is 2. The van der Waals surface area contributed by atoms with E-state index in [1.165, 1.54) is 5.56 Å². The van der Waals surface area contributed by atoms with Crippen molar-refractivity contribution in [3.05, 3.63) is 143 Å². The van der Waals surface area contributed by atoms with Crippen molar-refractivity contribution in [3.63, 3.8) is 0 Å². The van der Waals surface area contributed by atoms with Gasteiger partial charge in [-0.15, -0.1) is 0 Å². The first-order valence-electron chi connectivity index (χ1n) is 12.6. The Morgan fingerprint density at radius 2 is 1.53 bits per heavy atom. The van der Waals surface area contributed by atoms with Crippen molar-refractivity contribution >= 4 is 17.0 Å². The van der Waals surface area contributed by atoms with Crippen LogP contribution in [0.25, 0.3) is 22.0 Å². The zero-order valence-corrected chi connectivity index (χ0v) is 21.0. The van der Waals surface area contributed by atoms with Gasteiger partial charge in [-0.25, -0.2) is 9.97 Å². The van der Waals surface area contributed by atoms with Gasteiger partial charge < -0.3 is 5.32 Å². The maximum atomic E-state index is 10.1. The van der Waals surface area contributed by atoms with Crippen LogP contribution in [0.1, 0.15) is 28.2 Å². The number of rotatable bonds is 5. The summed E-state index contributed by atoms with van der Waals surface area (Å²) in [7, 11) is 0. The van der Waals surface area contributed by atoms with Gasteiger partial charge in [-0.2, -0.15) is 5.26 Å². The van der Waals surface area contributed by atoms with E-state index in [2.05, 4.69) is 41.7 Å². The quantitative estimate of drug-likeness (QED) is 0.305. The summed E-state index contributed by atoms with van der Waals surface area (Å²) >= 11 is 0. The molecular formula is C33H25N5. The van der Waals surface area contributed by atoms with Crippen LogP contribution < -0.4 is 5.32 Å². The SMILES string of the molecule is Cc1nc(C2(c3ccccc3)N=CC=C(Cc3ccccc3)N2)nc(-c2cccc3ccccc23)c1C#N. The number of nitriles is 1. The summed E-state index contributed by atoms with van der Waals surface area (Å²) in [4.78, 5) is 15.0. The Kier molecular flexibility index (Phi) is 5.99. The molecular weight excluding hydrogens is 466 g/mol. The van der Waals surface area contributed by atoms with Crippen molar-refractivity contribution in [2.75, 3.05) is 0 Å². The Balaban J connectivity index is 1.55. The molecule has 5 heteroatoms. The van der Waals surface area contributed by atoms with Gasteiger partial charge in [0, 0.05) is 29.5 Å². The van der Waals surface area contributed by atoms with Crippen molar-refractivity contribution in [2.45, 2.75) is 19.0 Å². The van der Waals surface area contributed by atoms with Crippen molar-refractivity contribution < 1.29 is 0 Å². The van der Waals surface area contributed by atoms with E-state index in [9.17, 15) is 5.26 Å². The molecule has 0 radical (unpaired) electrons. The van der Waals surface area contributed by atoms with Gasteiger partial charge in [0.2, 0.25) is 5.66 Å². The van der Waals surface area contributed by atoms with E-state index < -0.39 is 5.66 Å². The second-order valence-corrected chi connectivity index (χ2v) is 9.33. The lowest BCUT2D eigenvalue weighted by Gasteiger charge is -2.34. The summed E-state index contributed by atoms with van der Waals surface area (Å²) in [5.41, 5.74) is 4.66. The second kappa shape index (κ2) is 9.76. The molecule has 2 heterocycles. The standard InChI is InChI=1S/C33H25N5/c1-23-30(22-34)31(29-18-10-14-25-13-8-9-17-28(25)29)37-32(36-23)33(26-15-6-3-7-16-26)35-20-19-27(38-33)21-24-11-4-2-5-12-24/h2-20,38H,21H2,1H3. The van der Waals surface area contributed by atoms with Crippen molar-refractivity contribution in [1.29, 1.82) is 5.26 Å². The highest BCUT2D eigenvalue weighted by molar-refractivity contribution is 5.97. The Hall–Kier alpha value is -5.08. The maximum Gasteiger partial charge on any atom is 0.216 e. The molecule has 1 unspecified atom stereocenters. The number of nitrogens with zero attached hydrogens (tertiary/aromatic N) is 4. The van der Waals surface area contributed by atoms with Gasteiger partial charge in [0.05, 0.1) is 17.0 Å². The summed E-state index contributed by atoms with van der Waals surface area (Å²) < 4.78 is 0. The molecule has 6 rings (SSSR count). The van der Waals surface area contributed by atoms with E-state index in [1.54, 1.807) is 0 Å². The van der Waals surface area contributed by atoms with Gasteiger partial charge >= 0.3 is 0 Å². The highest BCUT2D eigenvalue weighted by atomic mass is 15.2. The van der Waals surface area contributed by atoms with Crippen LogP contribution in [0.3, 0.4) is 0 Å². The first-order chi connectivity index (χ1) is 18.7. The molecule has 0 spiro atoms. The largest absolute Gasteiger partial charge is 0.354 e. The number of benzene rings is 4. The number of fused-ring (bicyclic) bond motifs is 1. The maximum absolute atomic E-state index is 10.1. The molecule has 38 heavy (non-hydrogen) atoms. The lowest BCUT2D eigenvalue weighted by molar-refractivity contribution is 0.428. The molecule has 0 saturated heterocycles. The predicted molar refractivity (Wildman–Crippen MR) is 152 cm³/mol. The summed E-state index contributed by atoms with van der Waals surface area (Å²) in [6, 6.07) is 36.9. The molecule has 0 amide bonds. The lowest BCUT2D eigenvalue weighted by atomic mass is 9.94. The lowest BCUT2D eigenvalue weighted by Crippen LogP contribution is -2.45. The highest BCUT2D eigenvalue weighted by Crippen LogP contribution is 2.36. The average Bonchev–Trinajstić information content (AvgIpc) is 2.97. The summed E-state index contributed by atoms with van der Waals surface area (Å²) in [6.07, 6.45) is 4.54. The molecule has 4 aromatic carbocycles. The molecule has 0 saturated carbocycles. The van der Waals surface area contributed by atoms with Gasteiger partial charge in [0.1, 0.15) is 6.07 Å². The van der Waals surface area contributed by atoms with Crippen LogP contribution in [-0.4, -0.2) is 16.2 Å². The van der Waals surface area contributed by atoms with Gasteiger partial charge in [-0.1, -0.05) is 103 Å². The number of nitrogens with one attached hydrogen (secondary N) is 1. The third kappa shape index (κ3) is 4.12. The minimum atomic E-state index is -1.04. The van der Waals surface area contributed by atoms with E-state index in [4.69, 9.17) is 15.0 Å². The number of hydrogen-bond donors (Lipinski definition) is 1. The molecule has 5 nitrogen and oxygen atoms in total. The molecule has 1 atom stereocenters. The molecule has 0 aliphatic carbocycles. The Labute approximate surface area is 221 Å². The summed E-state index contributed by atoms with van der Waals surface area (Å²) in [6.45, 7) is 1.87. The molecule has 0 fully saturated rings. The highest BCUT2D eigenvalue weighted by Gasteiger charge is 2.39. The normalized spacial score (nSPS) is 16.5. The van der Waals surface area contributed by atoms with Crippen molar-refractivity contribution in [1.82, 2.24) is 15.3 Å². The van der Waals surface area contributed by atoms with E-state index in [1.807, 2.05) is 92.0 Å². The van der Waals surface area contributed by atoms with Gasteiger partial charge in [0.15, 0.2) is 5.82 Å². The zero-order chi connectivity index (χ0) is 26.0. The first-order valence-corrected chi connectivity index (χ1v) is 12.6. The predicted octanol–water partition coefficient (Wildman–Crippen LogP) is 6.48. The van der Waals surface area contributed by atoms with Gasteiger partial charge in [-0.05, 0) is 29.3 Å². The van der Waals surface area contributed by atoms with Crippen LogP contribution in [-0.2, 0) is 12.1 Å². The molecule has 5 aromatic rings. The number of aromatic nitrogens is 2. The van der Waals surface area contributed by atoms with Gasteiger partial charge in [-0.3, -0.25) is 4.99 Å². The molecule has 182 valence electrons. The van der Waals surface area contributed by atoms with Crippen LogP contribution in [0.15, 0.2) is 120 Å². The van der Waals surface area contributed by atoms with Crippen LogP contribution in [0, 0.1) is 18.3 Å².